The molecule has 1 aliphatic rings. The van der Waals surface area contributed by atoms with Gasteiger partial charge in [-0.25, -0.2) is 9.97 Å². The summed E-state index contributed by atoms with van der Waals surface area (Å²) in [6, 6.07) is 4.89. The van der Waals surface area contributed by atoms with E-state index in [1.54, 1.807) is 29.8 Å². The normalized spacial score (nSPS) is 14.0. The SMILES string of the molecule is Oc1cc(Cl)cc(Nc2ncnc3sc4c(c23)CCNC4)c1. The number of benzene rings is 1. The second kappa shape index (κ2) is 5.39. The number of aromatic hydroxyl groups is 1. The van der Waals surface area contributed by atoms with Crippen molar-refractivity contribution in [2.75, 3.05) is 11.9 Å². The lowest BCUT2D eigenvalue weighted by Gasteiger charge is -2.14. The first-order valence-electron chi connectivity index (χ1n) is 6.93. The Hall–Kier alpha value is -1.89. The molecule has 0 saturated heterocycles. The number of hydrogen-bond donors (Lipinski definition) is 3. The Morgan fingerprint density at radius 2 is 2.18 bits per heavy atom. The molecule has 0 amide bonds. The Bertz CT molecular complexity index is 844. The number of hydrogen-bond acceptors (Lipinski definition) is 6. The molecule has 0 fully saturated rings. The van der Waals surface area contributed by atoms with Crippen molar-refractivity contribution in [3.63, 3.8) is 0 Å². The molecule has 0 radical (unpaired) electrons. The number of halogens is 1. The number of rotatable bonds is 2. The zero-order valence-corrected chi connectivity index (χ0v) is 13.1. The first kappa shape index (κ1) is 13.8. The number of nitrogens with one attached hydrogen (secondary N) is 2. The first-order chi connectivity index (χ1) is 10.7. The van der Waals surface area contributed by atoms with Crippen molar-refractivity contribution < 1.29 is 5.11 Å². The van der Waals surface area contributed by atoms with Gasteiger partial charge in [-0.15, -0.1) is 11.3 Å². The van der Waals surface area contributed by atoms with Crippen molar-refractivity contribution in [3.05, 3.63) is 40.0 Å². The molecule has 5 nitrogen and oxygen atoms in total. The highest BCUT2D eigenvalue weighted by Crippen LogP contribution is 2.37. The molecule has 0 aliphatic carbocycles. The highest BCUT2D eigenvalue weighted by molar-refractivity contribution is 7.19. The van der Waals surface area contributed by atoms with Gasteiger partial charge in [-0.2, -0.15) is 0 Å². The molecule has 22 heavy (non-hydrogen) atoms. The van der Waals surface area contributed by atoms with Crippen LogP contribution in [0.4, 0.5) is 11.5 Å². The quantitative estimate of drug-likeness (QED) is 0.670. The summed E-state index contributed by atoms with van der Waals surface area (Å²) in [4.78, 5) is 11.1. The summed E-state index contributed by atoms with van der Waals surface area (Å²) in [7, 11) is 0. The molecule has 3 aromatic rings. The molecule has 3 heterocycles. The smallest absolute Gasteiger partial charge is 0.142 e. The van der Waals surface area contributed by atoms with E-state index in [-0.39, 0.29) is 5.75 Å². The Kier molecular flexibility index (Phi) is 3.37. The second-order valence-corrected chi connectivity index (χ2v) is 6.68. The second-order valence-electron chi connectivity index (χ2n) is 5.16. The summed E-state index contributed by atoms with van der Waals surface area (Å²) < 4.78 is 0. The number of aromatic nitrogens is 2. The zero-order valence-electron chi connectivity index (χ0n) is 11.6. The predicted octanol–water partition coefficient (Wildman–Crippen LogP) is 3.44. The Morgan fingerprint density at radius 3 is 3.05 bits per heavy atom. The minimum absolute atomic E-state index is 0.122. The molecular weight excluding hydrogens is 320 g/mol. The fourth-order valence-corrected chi connectivity index (χ4v) is 4.12. The number of nitrogens with zero attached hydrogens (tertiary/aromatic N) is 2. The standard InChI is InChI=1S/C15H13ClN4OS/c16-8-3-9(5-10(21)4-8)20-14-13-11-1-2-17-6-12(11)22-15(13)19-7-18-14/h3-5,7,17,21H,1-2,6H2,(H,18,19,20). The van der Waals surface area contributed by atoms with Gasteiger partial charge < -0.3 is 15.7 Å². The molecule has 3 N–H and O–H groups in total. The van der Waals surface area contributed by atoms with Crippen LogP contribution in [0.3, 0.4) is 0 Å². The predicted molar refractivity (Wildman–Crippen MR) is 89.2 cm³/mol. The van der Waals surface area contributed by atoms with E-state index in [2.05, 4.69) is 20.6 Å². The van der Waals surface area contributed by atoms with Crippen LogP contribution in [0, 0.1) is 0 Å². The maximum Gasteiger partial charge on any atom is 0.142 e. The maximum absolute atomic E-state index is 9.67. The molecular formula is C15H13ClN4OS. The third kappa shape index (κ3) is 2.39. The van der Waals surface area contributed by atoms with Gasteiger partial charge in [0, 0.05) is 28.2 Å². The van der Waals surface area contributed by atoms with Crippen LogP contribution in [0.1, 0.15) is 10.4 Å². The zero-order chi connectivity index (χ0) is 15.1. The molecule has 1 aliphatic heterocycles. The van der Waals surface area contributed by atoms with Gasteiger partial charge in [-0.05, 0) is 30.7 Å². The van der Waals surface area contributed by atoms with Gasteiger partial charge in [0.15, 0.2) is 0 Å². The topological polar surface area (TPSA) is 70.1 Å². The number of thiophene rings is 1. The molecule has 0 unspecified atom stereocenters. The molecule has 0 atom stereocenters. The minimum Gasteiger partial charge on any atom is -0.508 e. The molecule has 112 valence electrons. The monoisotopic (exact) mass is 332 g/mol. The van der Waals surface area contributed by atoms with Gasteiger partial charge in [0.2, 0.25) is 0 Å². The van der Waals surface area contributed by atoms with E-state index < -0.39 is 0 Å². The summed E-state index contributed by atoms with van der Waals surface area (Å²) in [5.74, 6) is 0.878. The number of anilines is 2. The van der Waals surface area contributed by atoms with Crippen LogP contribution < -0.4 is 10.6 Å². The van der Waals surface area contributed by atoms with Crippen LogP contribution in [-0.4, -0.2) is 21.6 Å². The van der Waals surface area contributed by atoms with Crippen molar-refractivity contribution >= 4 is 44.7 Å². The fraction of sp³-hybridized carbons (Fsp3) is 0.200. The highest BCUT2D eigenvalue weighted by atomic mass is 35.5. The van der Waals surface area contributed by atoms with Gasteiger partial charge in [0.05, 0.1) is 5.39 Å². The van der Waals surface area contributed by atoms with Crippen LogP contribution in [0.15, 0.2) is 24.5 Å². The van der Waals surface area contributed by atoms with E-state index in [1.165, 1.54) is 16.5 Å². The van der Waals surface area contributed by atoms with Crippen molar-refractivity contribution in [3.8, 4) is 5.75 Å². The third-order valence-corrected chi connectivity index (χ3v) is 5.01. The van der Waals surface area contributed by atoms with Gasteiger partial charge in [-0.3, -0.25) is 0 Å². The minimum atomic E-state index is 0.122. The van der Waals surface area contributed by atoms with E-state index >= 15 is 0 Å². The molecule has 7 heteroatoms. The largest absolute Gasteiger partial charge is 0.508 e. The highest BCUT2D eigenvalue weighted by Gasteiger charge is 2.19. The van der Waals surface area contributed by atoms with Crippen molar-refractivity contribution in [1.29, 1.82) is 0 Å². The third-order valence-electron chi connectivity index (χ3n) is 3.65. The van der Waals surface area contributed by atoms with E-state index in [9.17, 15) is 5.11 Å². The van der Waals surface area contributed by atoms with Crippen LogP contribution in [-0.2, 0) is 13.0 Å². The van der Waals surface area contributed by atoms with Crippen molar-refractivity contribution in [2.24, 2.45) is 0 Å². The van der Waals surface area contributed by atoms with Gasteiger partial charge >= 0.3 is 0 Å². The summed E-state index contributed by atoms with van der Waals surface area (Å²) in [6.45, 7) is 1.85. The van der Waals surface area contributed by atoms with Gasteiger partial charge in [0.1, 0.15) is 22.7 Å². The summed E-state index contributed by atoms with van der Waals surface area (Å²) in [5.41, 5.74) is 2.02. The molecule has 4 rings (SSSR count). The van der Waals surface area contributed by atoms with Crippen LogP contribution in [0.5, 0.6) is 5.75 Å². The van der Waals surface area contributed by atoms with Crippen LogP contribution >= 0.6 is 22.9 Å². The van der Waals surface area contributed by atoms with Gasteiger partial charge in [-0.1, -0.05) is 11.6 Å². The van der Waals surface area contributed by atoms with Crippen molar-refractivity contribution in [1.82, 2.24) is 15.3 Å². The average molecular weight is 333 g/mol. The lowest BCUT2D eigenvalue weighted by molar-refractivity contribution is 0.475. The lowest BCUT2D eigenvalue weighted by atomic mass is 10.1. The number of phenolic OH excluding ortho intramolecular Hbond substituents is 1. The number of phenols is 1. The Balaban J connectivity index is 1.82. The van der Waals surface area contributed by atoms with E-state index in [0.29, 0.717) is 10.7 Å². The molecule has 0 spiro atoms. The molecule has 0 saturated carbocycles. The van der Waals surface area contributed by atoms with E-state index in [0.717, 1.165) is 35.5 Å². The van der Waals surface area contributed by atoms with E-state index in [4.69, 9.17) is 11.6 Å². The molecule has 0 bridgehead atoms. The Labute approximate surface area is 136 Å². The molecule has 2 aromatic heterocycles. The summed E-state index contributed by atoms with van der Waals surface area (Å²) >= 11 is 7.69. The van der Waals surface area contributed by atoms with E-state index in [1.807, 2.05) is 0 Å². The Morgan fingerprint density at radius 1 is 1.27 bits per heavy atom. The van der Waals surface area contributed by atoms with Crippen LogP contribution in [0.2, 0.25) is 5.02 Å². The lowest BCUT2D eigenvalue weighted by Crippen LogP contribution is -2.22. The summed E-state index contributed by atoms with van der Waals surface area (Å²) in [5, 5.41) is 17.9. The van der Waals surface area contributed by atoms with Crippen LogP contribution in [0.25, 0.3) is 10.2 Å². The average Bonchev–Trinajstić information content (AvgIpc) is 2.85. The fourth-order valence-electron chi connectivity index (χ4n) is 2.74. The van der Waals surface area contributed by atoms with Gasteiger partial charge in [0.25, 0.3) is 0 Å². The maximum atomic E-state index is 9.67. The summed E-state index contributed by atoms with van der Waals surface area (Å²) in [6.07, 6.45) is 2.53. The first-order valence-corrected chi connectivity index (χ1v) is 8.13. The number of fused-ring (bicyclic) bond motifs is 3. The van der Waals surface area contributed by atoms with Crippen molar-refractivity contribution in [2.45, 2.75) is 13.0 Å². The molecule has 1 aromatic carbocycles.